The van der Waals surface area contributed by atoms with Gasteiger partial charge in [-0.25, -0.2) is 0 Å². The lowest BCUT2D eigenvalue weighted by atomic mass is 9.99. The van der Waals surface area contributed by atoms with E-state index < -0.39 is 0 Å². The first-order valence-corrected chi connectivity index (χ1v) is 7.16. The minimum Gasteiger partial charge on any atom is -0.323 e. The van der Waals surface area contributed by atoms with Crippen LogP contribution in [0.5, 0.6) is 0 Å². The van der Waals surface area contributed by atoms with Crippen LogP contribution in [0.25, 0.3) is 0 Å². The van der Waals surface area contributed by atoms with Crippen LogP contribution in [-0.2, 0) is 0 Å². The van der Waals surface area contributed by atoms with Gasteiger partial charge in [-0.1, -0.05) is 50.1 Å². The zero-order valence-electron chi connectivity index (χ0n) is 12.3. The van der Waals surface area contributed by atoms with Crippen LogP contribution in [0.15, 0.2) is 24.3 Å². The van der Waals surface area contributed by atoms with Crippen molar-refractivity contribution >= 4 is 0 Å². The molecule has 0 aromatic heterocycles. The van der Waals surface area contributed by atoms with Crippen LogP contribution >= 0.6 is 0 Å². The van der Waals surface area contributed by atoms with Crippen molar-refractivity contribution in [2.75, 3.05) is 13.1 Å². The van der Waals surface area contributed by atoms with Crippen molar-refractivity contribution in [1.82, 2.24) is 4.90 Å². The maximum absolute atomic E-state index is 6.40. The summed E-state index contributed by atoms with van der Waals surface area (Å²) in [4.78, 5) is 2.48. The number of likely N-dealkylation sites (N-methyl/N-ethyl adjacent to an activating group) is 1. The summed E-state index contributed by atoms with van der Waals surface area (Å²) >= 11 is 0. The molecule has 0 amide bonds. The monoisotopic (exact) mass is 248 g/mol. The molecule has 102 valence electrons. The molecule has 2 N–H and O–H groups in total. The molecule has 0 spiro atoms. The van der Waals surface area contributed by atoms with Crippen molar-refractivity contribution in [3.8, 4) is 0 Å². The van der Waals surface area contributed by atoms with Gasteiger partial charge in [0.25, 0.3) is 0 Å². The Morgan fingerprint density at radius 2 is 1.78 bits per heavy atom. The van der Waals surface area contributed by atoms with Gasteiger partial charge in [0.1, 0.15) is 0 Å². The summed E-state index contributed by atoms with van der Waals surface area (Å²) in [6.07, 6.45) is 2.49. The second-order valence-electron chi connectivity index (χ2n) is 5.16. The molecule has 0 aliphatic carbocycles. The fraction of sp³-hybridized carbons (Fsp3) is 0.625. The Morgan fingerprint density at radius 1 is 1.17 bits per heavy atom. The summed E-state index contributed by atoms with van der Waals surface area (Å²) in [5, 5.41) is 0. The molecule has 0 bridgehead atoms. The van der Waals surface area contributed by atoms with Crippen molar-refractivity contribution < 1.29 is 0 Å². The number of hydrogen-bond acceptors (Lipinski definition) is 2. The average Bonchev–Trinajstić information content (AvgIpc) is 2.39. The topological polar surface area (TPSA) is 29.3 Å². The Balaban J connectivity index is 2.68. The SMILES string of the molecule is CCCCN(CC)C(C)C(N)c1ccc(C)cc1. The highest BCUT2D eigenvalue weighted by atomic mass is 15.2. The first-order valence-electron chi connectivity index (χ1n) is 7.16. The van der Waals surface area contributed by atoms with Crippen LogP contribution < -0.4 is 5.73 Å². The molecule has 2 unspecified atom stereocenters. The zero-order chi connectivity index (χ0) is 13.5. The van der Waals surface area contributed by atoms with Gasteiger partial charge in [0.05, 0.1) is 0 Å². The first-order chi connectivity index (χ1) is 8.60. The lowest BCUT2D eigenvalue weighted by Crippen LogP contribution is -2.41. The Labute approximate surface area is 112 Å². The second kappa shape index (κ2) is 7.55. The van der Waals surface area contributed by atoms with Gasteiger partial charge in [-0.2, -0.15) is 0 Å². The quantitative estimate of drug-likeness (QED) is 0.800. The summed E-state index contributed by atoms with van der Waals surface area (Å²) in [5.41, 5.74) is 8.92. The number of benzene rings is 1. The van der Waals surface area contributed by atoms with E-state index in [2.05, 4.69) is 56.9 Å². The third-order valence-corrected chi connectivity index (χ3v) is 3.76. The number of unbranched alkanes of at least 4 members (excludes halogenated alkanes) is 1. The molecule has 0 radical (unpaired) electrons. The van der Waals surface area contributed by atoms with Gasteiger partial charge >= 0.3 is 0 Å². The van der Waals surface area contributed by atoms with Gasteiger partial charge in [-0.15, -0.1) is 0 Å². The predicted molar refractivity (Wildman–Crippen MR) is 79.7 cm³/mol. The molecule has 0 aliphatic rings. The molecule has 18 heavy (non-hydrogen) atoms. The average molecular weight is 248 g/mol. The summed E-state index contributed by atoms with van der Waals surface area (Å²) in [6, 6.07) is 9.09. The molecule has 1 rings (SSSR count). The Bertz CT molecular complexity index is 331. The van der Waals surface area contributed by atoms with Crippen LogP contribution in [-0.4, -0.2) is 24.0 Å². The largest absolute Gasteiger partial charge is 0.323 e. The van der Waals surface area contributed by atoms with E-state index >= 15 is 0 Å². The van der Waals surface area contributed by atoms with Crippen LogP contribution in [0.2, 0.25) is 0 Å². The molecule has 0 saturated heterocycles. The fourth-order valence-corrected chi connectivity index (χ4v) is 2.31. The Morgan fingerprint density at radius 3 is 2.28 bits per heavy atom. The van der Waals surface area contributed by atoms with E-state index in [9.17, 15) is 0 Å². The highest BCUT2D eigenvalue weighted by molar-refractivity contribution is 5.24. The summed E-state index contributed by atoms with van der Waals surface area (Å²) in [7, 11) is 0. The van der Waals surface area contributed by atoms with E-state index in [-0.39, 0.29) is 6.04 Å². The Kier molecular flexibility index (Phi) is 6.37. The van der Waals surface area contributed by atoms with Crippen molar-refractivity contribution in [2.24, 2.45) is 5.73 Å². The molecular formula is C16H28N2. The van der Waals surface area contributed by atoms with E-state index in [0.717, 1.165) is 13.1 Å². The van der Waals surface area contributed by atoms with Crippen molar-refractivity contribution in [3.05, 3.63) is 35.4 Å². The predicted octanol–water partition coefficient (Wildman–Crippen LogP) is 3.51. The molecular weight excluding hydrogens is 220 g/mol. The molecule has 0 heterocycles. The minimum absolute atomic E-state index is 0.0995. The van der Waals surface area contributed by atoms with Crippen LogP contribution in [0.4, 0.5) is 0 Å². The van der Waals surface area contributed by atoms with Gasteiger partial charge in [0, 0.05) is 12.1 Å². The standard InChI is InChI=1S/C16H28N2/c1-5-7-12-18(6-2)14(4)16(17)15-10-8-13(3)9-11-15/h8-11,14,16H,5-7,12,17H2,1-4H3. The van der Waals surface area contributed by atoms with Crippen LogP contribution in [0.3, 0.4) is 0 Å². The second-order valence-corrected chi connectivity index (χ2v) is 5.16. The molecule has 0 fully saturated rings. The van der Waals surface area contributed by atoms with Crippen LogP contribution in [0, 0.1) is 6.92 Å². The van der Waals surface area contributed by atoms with Gasteiger partial charge < -0.3 is 5.73 Å². The zero-order valence-corrected chi connectivity index (χ0v) is 12.3. The highest BCUT2D eigenvalue weighted by Gasteiger charge is 2.20. The van der Waals surface area contributed by atoms with Crippen molar-refractivity contribution in [1.29, 1.82) is 0 Å². The molecule has 1 aromatic carbocycles. The highest BCUT2D eigenvalue weighted by Crippen LogP contribution is 2.19. The summed E-state index contributed by atoms with van der Waals surface area (Å²) < 4.78 is 0. The minimum atomic E-state index is 0.0995. The van der Waals surface area contributed by atoms with Crippen molar-refractivity contribution in [3.63, 3.8) is 0 Å². The first kappa shape index (κ1) is 15.2. The number of nitrogens with zero attached hydrogens (tertiary/aromatic N) is 1. The van der Waals surface area contributed by atoms with E-state index in [1.807, 2.05) is 0 Å². The number of aryl methyl sites for hydroxylation is 1. The lowest BCUT2D eigenvalue weighted by Gasteiger charge is -2.32. The summed E-state index contributed by atoms with van der Waals surface area (Å²) in [5.74, 6) is 0. The van der Waals surface area contributed by atoms with Gasteiger partial charge in [-0.3, -0.25) is 4.90 Å². The van der Waals surface area contributed by atoms with Gasteiger partial charge in [0.15, 0.2) is 0 Å². The molecule has 2 atom stereocenters. The van der Waals surface area contributed by atoms with Crippen molar-refractivity contribution in [2.45, 2.75) is 52.6 Å². The maximum Gasteiger partial charge on any atom is 0.0450 e. The fourth-order valence-electron chi connectivity index (χ4n) is 2.31. The summed E-state index contributed by atoms with van der Waals surface area (Å²) in [6.45, 7) is 11.0. The number of hydrogen-bond donors (Lipinski definition) is 1. The van der Waals surface area contributed by atoms with E-state index in [0.29, 0.717) is 6.04 Å². The normalized spacial score (nSPS) is 14.8. The van der Waals surface area contributed by atoms with E-state index in [1.54, 1.807) is 0 Å². The smallest absolute Gasteiger partial charge is 0.0450 e. The third kappa shape index (κ3) is 4.11. The molecule has 0 aliphatic heterocycles. The molecule has 2 nitrogen and oxygen atoms in total. The third-order valence-electron chi connectivity index (χ3n) is 3.76. The Hall–Kier alpha value is -0.860. The molecule has 2 heteroatoms. The number of rotatable bonds is 7. The molecule has 1 aromatic rings. The van der Waals surface area contributed by atoms with E-state index in [4.69, 9.17) is 5.73 Å². The van der Waals surface area contributed by atoms with Gasteiger partial charge in [0.2, 0.25) is 0 Å². The van der Waals surface area contributed by atoms with E-state index in [1.165, 1.54) is 24.0 Å². The van der Waals surface area contributed by atoms with Crippen LogP contribution in [0.1, 0.15) is 50.8 Å². The number of nitrogens with two attached hydrogens (primary N) is 1. The lowest BCUT2D eigenvalue weighted by molar-refractivity contribution is 0.191. The maximum atomic E-state index is 6.40. The van der Waals surface area contributed by atoms with Gasteiger partial charge in [-0.05, 0) is 38.9 Å². The molecule has 0 saturated carbocycles.